The van der Waals surface area contributed by atoms with E-state index in [-0.39, 0.29) is 11.5 Å². The predicted molar refractivity (Wildman–Crippen MR) is 51.3 cm³/mol. The molecule has 0 spiro atoms. The molecular formula is C8H11NO3S. The summed E-state index contributed by atoms with van der Waals surface area (Å²) in [5.41, 5.74) is -0.386. The quantitative estimate of drug-likeness (QED) is 0.736. The van der Waals surface area contributed by atoms with Gasteiger partial charge in [-0.25, -0.2) is 0 Å². The van der Waals surface area contributed by atoms with Crippen molar-refractivity contribution in [1.82, 2.24) is 4.74 Å². The van der Waals surface area contributed by atoms with Crippen LogP contribution in [0.1, 0.15) is 17.0 Å². The summed E-state index contributed by atoms with van der Waals surface area (Å²) in [6, 6.07) is 1.30. The third kappa shape index (κ3) is 2.48. The minimum Gasteiger partial charge on any atom is -0.373 e. The molecule has 13 heavy (non-hydrogen) atoms. The van der Waals surface area contributed by atoms with E-state index in [0.717, 1.165) is 4.74 Å². The molecule has 1 rings (SSSR count). The van der Waals surface area contributed by atoms with Crippen molar-refractivity contribution in [3.05, 3.63) is 22.2 Å². The Morgan fingerprint density at radius 2 is 2.38 bits per heavy atom. The van der Waals surface area contributed by atoms with Gasteiger partial charge in [0.1, 0.15) is 5.76 Å². The molecule has 0 bridgehead atoms. The smallest absolute Gasteiger partial charge is 0.290 e. The van der Waals surface area contributed by atoms with Crippen LogP contribution in [-0.4, -0.2) is 22.7 Å². The van der Waals surface area contributed by atoms with Gasteiger partial charge in [-0.2, -0.15) is 11.8 Å². The van der Waals surface area contributed by atoms with Crippen LogP contribution >= 0.6 is 11.8 Å². The topological polar surface area (TPSA) is 52.2 Å². The number of rotatable bonds is 3. The van der Waals surface area contributed by atoms with E-state index in [1.807, 2.05) is 6.26 Å². The molecule has 0 saturated heterocycles. The molecule has 72 valence electrons. The van der Waals surface area contributed by atoms with E-state index >= 15 is 0 Å². The first kappa shape index (κ1) is 10.1. The number of carbonyl (C=O) groups excluding carboxylic acids is 1. The van der Waals surface area contributed by atoms with Gasteiger partial charge in [-0.1, -0.05) is 0 Å². The van der Waals surface area contributed by atoms with Crippen molar-refractivity contribution in [1.29, 1.82) is 0 Å². The summed E-state index contributed by atoms with van der Waals surface area (Å²) in [7, 11) is 0. The number of aromatic nitrogens is 1. The van der Waals surface area contributed by atoms with Gasteiger partial charge in [0, 0.05) is 18.2 Å². The van der Waals surface area contributed by atoms with E-state index < -0.39 is 0 Å². The third-order valence-electron chi connectivity index (χ3n) is 1.51. The zero-order valence-electron chi connectivity index (χ0n) is 7.57. The maximum absolute atomic E-state index is 11.3. The Labute approximate surface area is 79.9 Å². The van der Waals surface area contributed by atoms with Gasteiger partial charge in [-0.3, -0.25) is 9.59 Å². The van der Waals surface area contributed by atoms with Crippen LogP contribution in [0.15, 0.2) is 15.4 Å². The Hall–Kier alpha value is -0.970. The van der Waals surface area contributed by atoms with Gasteiger partial charge in [0.2, 0.25) is 0 Å². The monoisotopic (exact) mass is 201 g/mol. The van der Waals surface area contributed by atoms with E-state index in [1.165, 1.54) is 6.07 Å². The molecule has 0 fully saturated rings. The van der Waals surface area contributed by atoms with Crippen LogP contribution in [0.5, 0.6) is 0 Å². The van der Waals surface area contributed by atoms with Crippen LogP contribution in [0.4, 0.5) is 0 Å². The number of nitrogens with zero attached hydrogens (tertiary/aromatic N) is 1. The van der Waals surface area contributed by atoms with Gasteiger partial charge in [0.05, 0.1) is 0 Å². The lowest BCUT2D eigenvalue weighted by atomic mass is 10.4. The van der Waals surface area contributed by atoms with E-state index in [1.54, 1.807) is 18.7 Å². The van der Waals surface area contributed by atoms with Gasteiger partial charge in [0.15, 0.2) is 0 Å². The summed E-state index contributed by atoms with van der Waals surface area (Å²) in [5.74, 6) is 0.875. The van der Waals surface area contributed by atoms with Crippen molar-refractivity contribution < 1.29 is 9.32 Å². The number of hydrogen-bond donors (Lipinski definition) is 0. The molecule has 0 aliphatic rings. The zero-order chi connectivity index (χ0) is 9.84. The van der Waals surface area contributed by atoms with Gasteiger partial charge < -0.3 is 4.52 Å². The van der Waals surface area contributed by atoms with Crippen molar-refractivity contribution in [2.24, 2.45) is 0 Å². The van der Waals surface area contributed by atoms with Crippen molar-refractivity contribution >= 4 is 17.7 Å². The van der Waals surface area contributed by atoms with E-state index in [4.69, 9.17) is 4.52 Å². The van der Waals surface area contributed by atoms with Crippen LogP contribution in [0, 0.1) is 6.92 Å². The van der Waals surface area contributed by atoms with Crippen molar-refractivity contribution in [2.45, 2.75) is 13.3 Å². The number of hydrogen-bond acceptors (Lipinski definition) is 4. The highest BCUT2D eigenvalue weighted by molar-refractivity contribution is 7.98. The van der Waals surface area contributed by atoms with Gasteiger partial charge in [-0.05, 0) is 13.2 Å². The lowest BCUT2D eigenvalue weighted by Crippen LogP contribution is -2.21. The van der Waals surface area contributed by atoms with Crippen LogP contribution in [0.25, 0.3) is 0 Å². The molecule has 1 aromatic rings. The first-order valence-corrected chi connectivity index (χ1v) is 5.26. The van der Waals surface area contributed by atoms with Crippen LogP contribution in [-0.2, 0) is 0 Å². The SMILES string of the molecule is CSCCC(=O)n1oc(C)cc1=O. The Morgan fingerprint density at radius 1 is 1.69 bits per heavy atom. The highest BCUT2D eigenvalue weighted by Crippen LogP contribution is 1.99. The maximum Gasteiger partial charge on any atom is 0.290 e. The van der Waals surface area contributed by atoms with E-state index in [0.29, 0.717) is 17.9 Å². The standard InChI is InChI=1S/C8H11NO3S/c1-6-5-8(11)9(12-6)7(10)3-4-13-2/h5H,3-4H2,1-2H3. The normalized spacial score (nSPS) is 10.3. The molecule has 0 aliphatic carbocycles. The maximum atomic E-state index is 11.3. The summed E-state index contributed by atoms with van der Waals surface area (Å²) in [6.07, 6.45) is 2.23. The minimum atomic E-state index is -0.386. The van der Waals surface area contributed by atoms with Crippen LogP contribution in [0.2, 0.25) is 0 Å². The van der Waals surface area contributed by atoms with Crippen LogP contribution in [0.3, 0.4) is 0 Å². The largest absolute Gasteiger partial charge is 0.373 e. The molecule has 0 amide bonds. The highest BCUT2D eigenvalue weighted by atomic mass is 32.2. The van der Waals surface area contributed by atoms with Crippen molar-refractivity contribution in [3.63, 3.8) is 0 Å². The number of thioether (sulfide) groups is 1. The van der Waals surface area contributed by atoms with Gasteiger partial charge >= 0.3 is 0 Å². The molecule has 1 aromatic heterocycles. The Balaban J connectivity index is 2.77. The lowest BCUT2D eigenvalue weighted by molar-refractivity contribution is 0.0778. The third-order valence-corrected chi connectivity index (χ3v) is 2.12. The molecule has 4 nitrogen and oxygen atoms in total. The molecule has 0 atom stereocenters. The number of aryl methyl sites for hydroxylation is 1. The fourth-order valence-electron chi connectivity index (χ4n) is 0.913. The van der Waals surface area contributed by atoms with Gasteiger partial charge in [0.25, 0.3) is 11.5 Å². The second-order valence-corrected chi connectivity index (χ2v) is 3.60. The molecular weight excluding hydrogens is 190 g/mol. The summed E-state index contributed by atoms with van der Waals surface area (Å²) in [4.78, 5) is 22.4. The molecule has 1 heterocycles. The lowest BCUT2D eigenvalue weighted by Gasteiger charge is -1.96. The fraction of sp³-hybridized carbons (Fsp3) is 0.500. The average Bonchev–Trinajstić information content (AvgIpc) is 2.41. The molecule has 0 aliphatic heterocycles. The Kier molecular flexibility index (Phi) is 3.36. The summed E-state index contributed by atoms with van der Waals surface area (Å²) < 4.78 is 5.73. The summed E-state index contributed by atoms with van der Waals surface area (Å²) in [6.45, 7) is 1.64. The highest BCUT2D eigenvalue weighted by Gasteiger charge is 2.10. The average molecular weight is 201 g/mol. The fourth-order valence-corrected chi connectivity index (χ4v) is 1.29. The van der Waals surface area contributed by atoms with Crippen molar-refractivity contribution in [3.8, 4) is 0 Å². The summed E-state index contributed by atoms with van der Waals surface area (Å²) in [5, 5.41) is 0. The number of carbonyl (C=O) groups is 1. The molecule has 0 saturated carbocycles. The van der Waals surface area contributed by atoms with Crippen molar-refractivity contribution in [2.75, 3.05) is 12.0 Å². The van der Waals surface area contributed by atoms with E-state index in [2.05, 4.69) is 0 Å². The molecule has 0 N–H and O–H groups in total. The first-order valence-electron chi connectivity index (χ1n) is 3.87. The molecule has 0 unspecified atom stereocenters. The molecule has 0 aromatic carbocycles. The molecule has 0 radical (unpaired) electrons. The minimum absolute atomic E-state index is 0.285. The van der Waals surface area contributed by atoms with Gasteiger partial charge in [-0.15, -0.1) is 4.74 Å². The summed E-state index contributed by atoms with van der Waals surface area (Å²) >= 11 is 1.56. The first-order chi connectivity index (χ1) is 6.15. The van der Waals surface area contributed by atoms with Crippen LogP contribution < -0.4 is 5.56 Å². The van der Waals surface area contributed by atoms with E-state index in [9.17, 15) is 9.59 Å². The predicted octanol–water partition coefficient (Wildman–Crippen LogP) is 1.14. The second-order valence-electron chi connectivity index (χ2n) is 2.62. The second kappa shape index (κ2) is 4.32. The Bertz CT molecular complexity index is 353. The Morgan fingerprint density at radius 3 is 2.85 bits per heavy atom. The molecule has 5 heteroatoms. The zero-order valence-corrected chi connectivity index (χ0v) is 8.39.